The molecular weight excluding hydrogens is 206 g/mol. The molecule has 2 aromatic heterocycles. The van der Waals surface area contributed by atoms with Crippen molar-refractivity contribution in [1.82, 2.24) is 15.1 Å². The number of nitrogens with one attached hydrogen (secondary N) is 1. The number of hydrogen-bond donors (Lipinski definition) is 1. The highest BCUT2D eigenvalue weighted by molar-refractivity contribution is 5.45. The molecule has 0 saturated heterocycles. The number of rotatable bonds is 4. The van der Waals surface area contributed by atoms with E-state index in [0.717, 1.165) is 5.69 Å². The molecule has 6 heteroatoms. The van der Waals surface area contributed by atoms with Crippen molar-refractivity contribution in [1.29, 1.82) is 5.26 Å². The number of anilines is 1. The lowest BCUT2D eigenvalue weighted by Gasteiger charge is -2.03. The van der Waals surface area contributed by atoms with E-state index in [2.05, 4.69) is 20.4 Å². The summed E-state index contributed by atoms with van der Waals surface area (Å²) in [6.07, 6.45) is 3.60. The normalized spacial score (nSPS) is 9.69. The summed E-state index contributed by atoms with van der Waals surface area (Å²) in [4.78, 5) is 7.77. The largest absolute Gasteiger partial charge is 0.384 e. The topological polar surface area (TPSA) is 87.6 Å². The molecule has 0 spiro atoms. The number of nitriles is 1. The molecule has 6 nitrogen and oxygen atoms in total. The van der Waals surface area contributed by atoms with Crippen LogP contribution < -0.4 is 5.32 Å². The maximum Gasteiger partial charge on any atom is 0.228 e. The molecule has 80 valence electrons. The van der Waals surface area contributed by atoms with Crippen molar-refractivity contribution in [2.75, 3.05) is 11.9 Å². The van der Waals surface area contributed by atoms with Crippen LogP contribution in [-0.4, -0.2) is 21.7 Å². The van der Waals surface area contributed by atoms with Crippen molar-refractivity contribution in [2.45, 2.75) is 6.42 Å². The van der Waals surface area contributed by atoms with Crippen LogP contribution in [0.3, 0.4) is 0 Å². The van der Waals surface area contributed by atoms with Crippen LogP contribution in [0, 0.1) is 11.3 Å². The Morgan fingerprint density at radius 3 is 3.12 bits per heavy atom. The van der Waals surface area contributed by atoms with Crippen LogP contribution in [0.1, 0.15) is 11.6 Å². The minimum atomic E-state index is 0.391. The highest BCUT2D eigenvalue weighted by Crippen LogP contribution is 2.07. The molecule has 0 aromatic carbocycles. The second-order valence-electron chi connectivity index (χ2n) is 3.05. The van der Waals surface area contributed by atoms with Crippen molar-refractivity contribution in [3.05, 3.63) is 36.2 Å². The quantitative estimate of drug-likeness (QED) is 0.818. The van der Waals surface area contributed by atoms with Crippen LogP contribution in [0.25, 0.3) is 0 Å². The van der Waals surface area contributed by atoms with Crippen LogP contribution in [0.4, 0.5) is 5.69 Å². The maximum absolute atomic E-state index is 8.66. The molecule has 0 unspecified atom stereocenters. The van der Waals surface area contributed by atoms with Gasteiger partial charge in [-0.1, -0.05) is 5.16 Å². The molecule has 2 heterocycles. The van der Waals surface area contributed by atoms with Gasteiger partial charge >= 0.3 is 0 Å². The zero-order valence-corrected chi connectivity index (χ0v) is 8.42. The number of aromatic nitrogens is 3. The van der Waals surface area contributed by atoms with E-state index in [1.54, 1.807) is 18.3 Å². The van der Waals surface area contributed by atoms with E-state index < -0.39 is 0 Å². The van der Waals surface area contributed by atoms with Crippen molar-refractivity contribution in [2.24, 2.45) is 0 Å². The zero-order valence-electron chi connectivity index (χ0n) is 8.42. The van der Waals surface area contributed by atoms with E-state index in [0.29, 0.717) is 24.6 Å². The van der Waals surface area contributed by atoms with Crippen LogP contribution in [0.5, 0.6) is 0 Å². The first-order valence-electron chi connectivity index (χ1n) is 4.74. The maximum atomic E-state index is 8.66. The van der Waals surface area contributed by atoms with Crippen LogP contribution in [-0.2, 0) is 6.42 Å². The number of nitrogens with zero attached hydrogens (tertiary/aromatic N) is 4. The Morgan fingerprint density at radius 1 is 1.44 bits per heavy atom. The van der Waals surface area contributed by atoms with Gasteiger partial charge in [0.15, 0.2) is 6.33 Å². The molecule has 0 amide bonds. The van der Waals surface area contributed by atoms with Gasteiger partial charge in [-0.05, 0) is 12.1 Å². The number of pyridine rings is 1. The van der Waals surface area contributed by atoms with Gasteiger partial charge in [-0.2, -0.15) is 10.2 Å². The Morgan fingerprint density at radius 2 is 2.38 bits per heavy atom. The van der Waals surface area contributed by atoms with Gasteiger partial charge in [-0.3, -0.25) is 0 Å². The van der Waals surface area contributed by atoms with Gasteiger partial charge in [-0.15, -0.1) is 0 Å². The van der Waals surface area contributed by atoms with Gasteiger partial charge in [0, 0.05) is 24.8 Å². The molecule has 0 bridgehead atoms. The molecular formula is C10H9N5O. The van der Waals surface area contributed by atoms with Crippen LogP contribution in [0.2, 0.25) is 0 Å². The van der Waals surface area contributed by atoms with Crippen molar-refractivity contribution < 1.29 is 4.52 Å². The predicted molar refractivity (Wildman–Crippen MR) is 55.4 cm³/mol. The predicted octanol–water partition coefficient (Wildman–Crippen LogP) is 0.991. The van der Waals surface area contributed by atoms with E-state index in [1.165, 1.54) is 6.33 Å². The second kappa shape index (κ2) is 4.89. The summed E-state index contributed by atoms with van der Waals surface area (Å²) < 4.78 is 4.85. The summed E-state index contributed by atoms with van der Waals surface area (Å²) >= 11 is 0. The fourth-order valence-corrected chi connectivity index (χ4v) is 1.22. The van der Waals surface area contributed by atoms with E-state index in [9.17, 15) is 0 Å². The first-order chi connectivity index (χ1) is 7.88. The SMILES string of the molecule is N#Cc1cc(NCCc2ncno2)ccn1. The van der Waals surface area contributed by atoms with Gasteiger partial charge in [0.2, 0.25) is 5.89 Å². The molecule has 0 radical (unpaired) electrons. The summed E-state index contributed by atoms with van der Waals surface area (Å²) in [5.74, 6) is 0.585. The number of hydrogen-bond acceptors (Lipinski definition) is 6. The molecule has 0 aliphatic rings. The van der Waals surface area contributed by atoms with E-state index in [1.807, 2.05) is 6.07 Å². The average molecular weight is 215 g/mol. The summed E-state index contributed by atoms with van der Waals surface area (Å²) in [5, 5.41) is 15.3. The summed E-state index contributed by atoms with van der Waals surface area (Å²) in [5.41, 5.74) is 1.24. The van der Waals surface area contributed by atoms with Gasteiger partial charge in [0.1, 0.15) is 11.8 Å². The monoisotopic (exact) mass is 215 g/mol. The molecule has 2 aromatic rings. The van der Waals surface area contributed by atoms with Gasteiger partial charge < -0.3 is 9.84 Å². The molecule has 0 atom stereocenters. The van der Waals surface area contributed by atoms with E-state index in [4.69, 9.17) is 9.78 Å². The smallest absolute Gasteiger partial charge is 0.228 e. The fraction of sp³-hybridized carbons (Fsp3) is 0.200. The van der Waals surface area contributed by atoms with E-state index >= 15 is 0 Å². The highest BCUT2D eigenvalue weighted by atomic mass is 16.5. The van der Waals surface area contributed by atoms with Crippen molar-refractivity contribution in [3.8, 4) is 6.07 Å². The lowest BCUT2D eigenvalue weighted by molar-refractivity contribution is 0.380. The minimum absolute atomic E-state index is 0.391. The van der Waals surface area contributed by atoms with Crippen molar-refractivity contribution in [3.63, 3.8) is 0 Å². The molecule has 1 N–H and O–H groups in total. The van der Waals surface area contributed by atoms with Gasteiger partial charge in [-0.25, -0.2) is 4.98 Å². The first-order valence-corrected chi connectivity index (χ1v) is 4.74. The lowest BCUT2D eigenvalue weighted by Crippen LogP contribution is -2.05. The Hall–Kier alpha value is -2.42. The summed E-state index contributed by atoms with van der Waals surface area (Å²) in [6.45, 7) is 0.664. The Kier molecular flexibility index (Phi) is 3.09. The third-order valence-corrected chi connectivity index (χ3v) is 1.95. The van der Waals surface area contributed by atoms with Crippen molar-refractivity contribution >= 4 is 5.69 Å². The highest BCUT2D eigenvalue weighted by Gasteiger charge is 1.99. The average Bonchev–Trinajstić information content (AvgIpc) is 2.82. The second-order valence-corrected chi connectivity index (χ2v) is 3.05. The summed E-state index contributed by atoms with van der Waals surface area (Å²) in [7, 11) is 0. The van der Waals surface area contributed by atoms with Crippen LogP contribution in [0.15, 0.2) is 29.2 Å². The minimum Gasteiger partial charge on any atom is -0.384 e. The molecule has 16 heavy (non-hydrogen) atoms. The standard InChI is InChI=1S/C10H9N5O/c11-6-9-5-8(1-3-13-9)12-4-2-10-14-7-15-16-10/h1,3,5,7H,2,4H2,(H,12,13). The molecule has 0 aliphatic heterocycles. The van der Waals surface area contributed by atoms with E-state index in [-0.39, 0.29) is 0 Å². The Balaban J connectivity index is 1.88. The van der Waals surface area contributed by atoms with Gasteiger partial charge in [0.05, 0.1) is 0 Å². The Labute approximate surface area is 91.9 Å². The Bertz CT molecular complexity index is 488. The molecule has 0 fully saturated rings. The summed E-state index contributed by atoms with van der Waals surface area (Å²) in [6, 6.07) is 5.47. The molecule has 0 saturated carbocycles. The molecule has 2 rings (SSSR count). The first kappa shape index (κ1) is 10.1. The third kappa shape index (κ3) is 2.54. The van der Waals surface area contributed by atoms with Gasteiger partial charge in [0.25, 0.3) is 0 Å². The van der Waals surface area contributed by atoms with Crippen LogP contribution >= 0.6 is 0 Å². The fourth-order valence-electron chi connectivity index (χ4n) is 1.22. The third-order valence-electron chi connectivity index (χ3n) is 1.95. The zero-order chi connectivity index (χ0) is 11.2. The molecule has 0 aliphatic carbocycles. The lowest BCUT2D eigenvalue weighted by atomic mass is 10.3.